The topological polar surface area (TPSA) is 64.6 Å². The molecule has 1 atom stereocenters. The van der Waals surface area contributed by atoms with Crippen molar-refractivity contribution in [2.24, 2.45) is 0 Å². The highest BCUT2D eigenvalue weighted by Crippen LogP contribution is 2.27. The number of esters is 1. The van der Waals surface area contributed by atoms with E-state index < -0.39 is 23.7 Å². The summed E-state index contributed by atoms with van der Waals surface area (Å²) in [4.78, 5) is 24.9. The molecular formula is C18H26BrNO4S. The van der Waals surface area contributed by atoms with Crippen LogP contribution in [-0.2, 0) is 14.3 Å². The molecule has 0 heterocycles. The SMILES string of the molecule is COC(=O)C(CCCCSc1ccccc1Br)NC(=O)OC(C)(C)C. The highest BCUT2D eigenvalue weighted by Gasteiger charge is 2.24. The molecule has 0 bridgehead atoms. The van der Waals surface area contributed by atoms with Crippen LogP contribution >= 0.6 is 27.7 Å². The van der Waals surface area contributed by atoms with Gasteiger partial charge in [-0.3, -0.25) is 0 Å². The molecule has 7 heteroatoms. The number of halogens is 1. The molecule has 25 heavy (non-hydrogen) atoms. The van der Waals surface area contributed by atoms with Gasteiger partial charge in [0.1, 0.15) is 11.6 Å². The second kappa shape index (κ2) is 10.7. The Morgan fingerprint density at radius 2 is 1.92 bits per heavy atom. The van der Waals surface area contributed by atoms with Crippen molar-refractivity contribution >= 4 is 39.8 Å². The minimum atomic E-state index is -0.687. The van der Waals surface area contributed by atoms with Crippen LogP contribution in [-0.4, -0.2) is 36.6 Å². The Labute approximate surface area is 162 Å². The first-order valence-corrected chi connectivity index (χ1v) is 9.95. The number of hydrogen-bond acceptors (Lipinski definition) is 5. The van der Waals surface area contributed by atoms with Crippen LogP contribution in [0.5, 0.6) is 0 Å². The quantitative estimate of drug-likeness (QED) is 0.364. The Kier molecular flexibility index (Phi) is 9.35. The maximum Gasteiger partial charge on any atom is 0.408 e. The van der Waals surface area contributed by atoms with E-state index in [2.05, 4.69) is 27.3 Å². The number of amides is 1. The Morgan fingerprint density at radius 1 is 1.24 bits per heavy atom. The van der Waals surface area contributed by atoms with Crippen molar-refractivity contribution in [3.8, 4) is 0 Å². The molecule has 1 N–H and O–H groups in total. The van der Waals surface area contributed by atoms with Crippen LogP contribution in [0.3, 0.4) is 0 Å². The molecule has 1 amide bonds. The van der Waals surface area contributed by atoms with Gasteiger partial charge in [-0.2, -0.15) is 0 Å². The number of methoxy groups -OCH3 is 1. The zero-order valence-corrected chi connectivity index (χ0v) is 17.5. The van der Waals surface area contributed by atoms with E-state index in [9.17, 15) is 9.59 Å². The van der Waals surface area contributed by atoms with Crippen molar-refractivity contribution in [2.75, 3.05) is 12.9 Å². The Bertz CT molecular complexity index is 574. The molecule has 0 aliphatic rings. The summed E-state index contributed by atoms with van der Waals surface area (Å²) < 4.78 is 11.0. The van der Waals surface area contributed by atoms with Crippen molar-refractivity contribution < 1.29 is 19.1 Å². The fourth-order valence-electron chi connectivity index (χ4n) is 2.04. The lowest BCUT2D eigenvalue weighted by molar-refractivity contribution is -0.143. The molecule has 0 aliphatic carbocycles. The maximum absolute atomic E-state index is 11.9. The van der Waals surface area contributed by atoms with Crippen LogP contribution in [0.15, 0.2) is 33.6 Å². The van der Waals surface area contributed by atoms with Gasteiger partial charge in [-0.15, -0.1) is 11.8 Å². The number of ether oxygens (including phenoxy) is 2. The van der Waals surface area contributed by atoms with Gasteiger partial charge in [-0.1, -0.05) is 12.1 Å². The number of nitrogens with one attached hydrogen (secondary N) is 1. The molecule has 1 rings (SSSR count). The van der Waals surface area contributed by atoms with Gasteiger partial charge in [0, 0.05) is 9.37 Å². The van der Waals surface area contributed by atoms with Crippen molar-refractivity contribution in [3.63, 3.8) is 0 Å². The van der Waals surface area contributed by atoms with Gasteiger partial charge in [-0.25, -0.2) is 9.59 Å². The molecule has 0 fully saturated rings. The van der Waals surface area contributed by atoms with Gasteiger partial charge in [0.25, 0.3) is 0 Å². The summed E-state index contributed by atoms with van der Waals surface area (Å²) in [5.74, 6) is 0.479. The van der Waals surface area contributed by atoms with E-state index in [0.29, 0.717) is 6.42 Å². The minimum Gasteiger partial charge on any atom is -0.467 e. The Balaban J connectivity index is 2.39. The number of unbranched alkanes of at least 4 members (excludes halogenated alkanes) is 1. The zero-order valence-electron chi connectivity index (χ0n) is 15.1. The van der Waals surface area contributed by atoms with Gasteiger partial charge >= 0.3 is 12.1 Å². The van der Waals surface area contributed by atoms with Crippen molar-refractivity contribution in [1.82, 2.24) is 5.32 Å². The van der Waals surface area contributed by atoms with Crippen LogP contribution in [0, 0.1) is 0 Å². The summed E-state index contributed by atoms with van der Waals surface area (Å²) in [5.41, 5.74) is -0.607. The zero-order chi connectivity index (χ0) is 18.9. The van der Waals surface area contributed by atoms with E-state index in [1.165, 1.54) is 12.0 Å². The largest absolute Gasteiger partial charge is 0.467 e. The van der Waals surface area contributed by atoms with Gasteiger partial charge in [0.15, 0.2) is 0 Å². The predicted molar refractivity (Wildman–Crippen MR) is 104 cm³/mol. The van der Waals surface area contributed by atoms with Crippen molar-refractivity contribution in [1.29, 1.82) is 0 Å². The highest BCUT2D eigenvalue weighted by molar-refractivity contribution is 9.10. The van der Waals surface area contributed by atoms with E-state index in [1.54, 1.807) is 32.5 Å². The molecule has 0 aliphatic heterocycles. The summed E-state index contributed by atoms with van der Waals surface area (Å²) in [6.45, 7) is 5.33. The first kappa shape index (κ1) is 21.8. The summed E-state index contributed by atoms with van der Waals surface area (Å²) in [6.07, 6.45) is 1.63. The van der Waals surface area contributed by atoms with Crippen molar-refractivity contribution in [2.45, 2.75) is 56.6 Å². The van der Waals surface area contributed by atoms with Crippen LogP contribution in [0.4, 0.5) is 4.79 Å². The second-order valence-electron chi connectivity index (χ2n) is 6.50. The smallest absolute Gasteiger partial charge is 0.408 e. The molecule has 1 aromatic rings. The van der Waals surface area contributed by atoms with Crippen LogP contribution in [0.1, 0.15) is 40.0 Å². The highest BCUT2D eigenvalue weighted by atomic mass is 79.9. The summed E-state index contributed by atoms with van der Waals surface area (Å²) in [5, 5.41) is 2.59. The van der Waals surface area contributed by atoms with Crippen LogP contribution < -0.4 is 5.32 Å². The van der Waals surface area contributed by atoms with Crippen molar-refractivity contribution in [3.05, 3.63) is 28.7 Å². The van der Waals surface area contributed by atoms with E-state index in [-0.39, 0.29) is 0 Å². The van der Waals surface area contributed by atoms with E-state index in [0.717, 1.165) is 23.1 Å². The normalized spacial score (nSPS) is 12.4. The number of carbonyl (C=O) groups is 2. The van der Waals surface area contributed by atoms with E-state index in [4.69, 9.17) is 9.47 Å². The van der Waals surface area contributed by atoms with Gasteiger partial charge in [0.05, 0.1) is 7.11 Å². The molecule has 5 nitrogen and oxygen atoms in total. The predicted octanol–water partition coefficient (Wildman–Crippen LogP) is 4.78. The second-order valence-corrected chi connectivity index (χ2v) is 8.49. The lowest BCUT2D eigenvalue weighted by Gasteiger charge is -2.22. The average Bonchev–Trinajstić information content (AvgIpc) is 2.52. The fourth-order valence-corrected chi connectivity index (χ4v) is 3.61. The molecule has 0 spiro atoms. The number of carbonyl (C=O) groups excluding carboxylic acids is 2. The molecule has 0 aromatic heterocycles. The Hall–Kier alpha value is -1.21. The monoisotopic (exact) mass is 431 g/mol. The lowest BCUT2D eigenvalue weighted by atomic mass is 10.1. The molecule has 0 saturated carbocycles. The molecule has 1 aromatic carbocycles. The van der Waals surface area contributed by atoms with E-state index in [1.807, 2.05) is 18.2 Å². The maximum atomic E-state index is 11.9. The number of thioether (sulfide) groups is 1. The van der Waals surface area contributed by atoms with E-state index >= 15 is 0 Å². The third-order valence-electron chi connectivity index (χ3n) is 3.16. The van der Waals surface area contributed by atoms with Gasteiger partial charge in [-0.05, 0) is 73.8 Å². The Morgan fingerprint density at radius 3 is 2.52 bits per heavy atom. The number of benzene rings is 1. The summed E-state index contributed by atoms with van der Waals surface area (Å²) in [6, 6.07) is 7.38. The average molecular weight is 432 g/mol. The molecular weight excluding hydrogens is 406 g/mol. The first-order chi connectivity index (χ1) is 11.7. The van der Waals surface area contributed by atoms with Gasteiger partial charge < -0.3 is 14.8 Å². The lowest BCUT2D eigenvalue weighted by Crippen LogP contribution is -2.44. The standard InChI is InChI=1S/C18H26BrNO4S/c1-18(2,3)24-17(22)20-14(16(21)23-4)10-7-8-12-25-15-11-6-5-9-13(15)19/h5-6,9,11,14H,7-8,10,12H2,1-4H3,(H,20,22). The number of hydrogen-bond donors (Lipinski definition) is 1. The molecule has 140 valence electrons. The van der Waals surface area contributed by atoms with Crippen LogP contribution in [0.25, 0.3) is 0 Å². The van der Waals surface area contributed by atoms with Gasteiger partial charge in [0.2, 0.25) is 0 Å². The third-order valence-corrected chi connectivity index (χ3v) is 5.27. The first-order valence-electron chi connectivity index (χ1n) is 8.17. The number of alkyl carbamates (subject to hydrolysis) is 1. The molecule has 0 saturated heterocycles. The molecule has 1 unspecified atom stereocenters. The summed E-state index contributed by atoms with van der Waals surface area (Å²) in [7, 11) is 1.31. The number of rotatable bonds is 8. The van der Waals surface area contributed by atoms with Crippen LogP contribution in [0.2, 0.25) is 0 Å². The molecule has 0 radical (unpaired) electrons. The third kappa shape index (κ3) is 9.16. The minimum absolute atomic E-state index is 0.454. The fraction of sp³-hybridized carbons (Fsp3) is 0.556. The summed E-state index contributed by atoms with van der Waals surface area (Å²) >= 11 is 5.28.